The van der Waals surface area contributed by atoms with Crippen molar-refractivity contribution in [2.45, 2.75) is 5.41 Å². The Labute approximate surface area is 286 Å². The third kappa shape index (κ3) is 4.07. The number of benzene rings is 8. The molecule has 2 N–H and O–H groups in total. The van der Waals surface area contributed by atoms with E-state index < -0.39 is 5.41 Å². The van der Waals surface area contributed by atoms with Crippen LogP contribution in [0.1, 0.15) is 22.3 Å². The van der Waals surface area contributed by atoms with Gasteiger partial charge >= 0.3 is 0 Å². The van der Waals surface area contributed by atoms with Crippen LogP contribution in [-0.2, 0) is 5.41 Å². The van der Waals surface area contributed by atoms with Crippen molar-refractivity contribution in [1.29, 1.82) is 0 Å². The Kier molecular flexibility index (Phi) is 6.13. The molecule has 0 saturated carbocycles. The predicted octanol–water partition coefficient (Wildman–Crippen LogP) is 12.3. The Hall–Kier alpha value is -6.38. The van der Waals surface area contributed by atoms with Gasteiger partial charge in [0.1, 0.15) is 0 Å². The van der Waals surface area contributed by atoms with Crippen LogP contribution >= 0.6 is 0 Å². The smallest absolute Gasteiger partial charge is 0.0733 e. The third-order valence-electron chi connectivity index (χ3n) is 10.4. The van der Waals surface area contributed by atoms with Crippen molar-refractivity contribution in [2.75, 3.05) is 10.6 Å². The van der Waals surface area contributed by atoms with Gasteiger partial charge in [0.05, 0.1) is 5.41 Å². The van der Waals surface area contributed by atoms with Crippen molar-refractivity contribution in [3.63, 3.8) is 0 Å². The van der Waals surface area contributed by atoms with E-state index in [9.17, 15) is 0 Å². The number of hydrogen-bond acceptors (Lipinski definition) is 2. The second kappa shape index (κ2) is 10.8. The van der Waals surface area contributed by atoms with E-state index in [0.717, 1.165) is 22.7 Å². The minimum atomic E-state index is -0.535. The minimum absolute atomic E-state index is 0.535. The van der Waals surface area contributed by atoms with Gasteiger partial charge in [0.15, 0.2) is 0 Å². The number of fused-ring (bicyclic) bond motifs is 11. The van der Waals surface area contributed by atoms with Crippen LogP contribution in [0, 0.1) is 0 Å². The molecule has 0 bridgehead atoms. The van der Waals surface area contributed by atoms with Crippen molar-refractivity contribution in [3.05, 3.63) is 204 Å². The first-order chi connectivity index (χ1) is 24.3. The number of para-hydroxylation sites is 2. The molecule has 0 heterocycles. The second-order valence-corrected chi connectivity index (χ2v) is 13.0. The highest BCUT2D eigenvalue weighted by Gasteiger charge is 2.53. The summed E-state index contributed by atoms with van der Waals surface area (Å²) in [5.74, 6) is 0. The van der Waals surface area contributed by atoms with Crippen LogP contribution in [-0.4, -0.2) is 0 Å². The van der Waals surface area contributed by atoms with Gasteiger partial charge in [0, 0.05) is 28.3 Å². The lowest BCUT2D eigenvalue weighted by Crippen LogP contribution is -2.27. The van der Waals surface area contributed by atoms with Crippen LogP contribution in [0.3, 0.4) is 0 Å². The van der Waals surface area contributed by atoms with E-state index in [1.54, 1.807) is 0 Å². The van der Waals surface area contributed by atoms with Crippen LogP contribution in [0.4, 0.5) is 22.7 Å². The van der Waals surface area contributed by atoms with Crippen molar-refractivity contribution in [1.82, 2.24) is 0 Å². The van der Waals surface area contributed by atoms with Gasteiger partial charge in [-0.1, -0.05) is 140 Å². The molecule has 49 heavy (non-hydrogen) atoms. The van der Waals surface area contributed by atoms with Crippen molar-refractivity contribution >= 4 is 33.5 Å². The molecule has 2 heteroatoms. The zero-order chi connectivity index (χ0) is 32.4. The van der Waals surface area contributed by atoms with Crippen molar-refractivity contribution in [3.8, 4) is 33.4 Å². The largest absolute Gasteiger partial charge is 0.356 e. The molecule has 2 aliphatic rings. The standard InChI is InChI=1S/C47H32N2/c1-3-16-32(17-4-1)48-34-26-27-38-40-28-29-44(49-33-18-5-2-6-19-33)45(39-23-13-15-31-14-7-8-20-35(31)39)46(40)47(43(38)30-34)41-24-11-9-21-36(41)37-22-10-12-25-42(37)47/h1-30,48-49H. The van der Waals surface area contributed by atoms with E-state index in [1.807, 2.05) is 0 Å². The lowest BCUT2D eigenvalue weighted by molar-refractivity contribution is 0.796. The van der Waals surface area contributed by atoms with E-state index in [1.165, 1.54) is 66.4 Å². The fourth-order valence-electron chi connectivity index (χ4n) is 8.51. The molecule has 0 unspecified atom stereocenters. The zero-order valence-corrected chi connectivity index (χ0v) is 26.8. The first-order valence-corrected chi connectivity index (χ1v) is 16.9. The number of nitrogens with one attached hydrogen (secondary N) is 2. The highest BCUT2D eigenvalue weighted by atomic mass is 14.9. The zero-order valence-electron chi connectivity index (χ0n) is 26.8. The molecular formula is C47H32N2. The lowest BCUT2D eigenvalue weighted by Gasteiger charge is -2.33. The van der Waals surface area contributed by atoms with Crippen LogP contribution < -0.4 is 10.6 Å². The van der Waals surface area contributed by atoms with Gasteiger partial charge < -0.3 is 10.6 Å². The third-order valence-corrected chi connectivity index (χ3v) is 10.4. The minimum Gasteiger partial charge on any atom is -0.356 e. The van der Waals surface area contributed by atoms with Crippen LogP contribution in [0.25, 0.3) is 44.2 Å². The van der Waals surface area contributed by atoms with Gasteiger partial charge in [-0.3, -0.25) is 0 Å². The molecule has 8 aromatic carbocycles. The Bertz CT molecular complexity index is 2500. The summed E-state index contributed by atoms with van der Waals surface area (Å²) in [7, 11) is 0. The Morgan fingerprint density at radius 2 is 0.898 bits per heavy atom. The Morgan fingerprint density at radius 3 is 1.63 bits per heavy atom. The molecule has 1 spiro atoms. The maximum Gasteiger partial charge on any atom is 0.0733 e. The maximum atomic E-state index is 3.88. The molecular weight excluding hydrogens is 593 g/mol. The Balaban J connectivity index is 1.35. The molecule has 0 radical (unpaired) electrons. The average Bonchev–Trinajstić information content (AvgIpc) is 3.62. The first-order valence-electron chi connectivity index (χ1n) is 16.9. The normalized spacial score (nSPS) is 13.1. The molecule has 8 aromatic rings. The van der Waals surface area contributed by atoms with E-state index in [-0.39, 0.29) is 0 Å². The summed E-state index contributed by atoms with van der Waals surface area (Å²) in [6, 6.07) is 66.2. The van der Waals surface area contributed by atoms with Crippen LogP contribution in [0.15, 0.2) is 182 Å². The second-order valence-electron chi connectivity index (χ2n) is 13.0. The summed E-state index contributed by atoms with van der Waals surface area (Å²) in [5.41, 5.74) is 16.7. The fourth-order valence-corrected chi connectivity index (χ4v) is 8.51. The number of hydrogen-bond donors (Lipinski definition) is 2. The molecule has 0 fully saturated rings. The van der Waals surface area contributed by atoms with Gasteiger partial charge in [-0.25, -0.2) is 0 Å². The van der Waals surface area contributed by atoms with Gasteiger partial charge in [-0.2, -0.15) is 0 Å². The van der Waals surface area contributed by atoms with Gasteiger partial charge in [0.2, 0.25) is 0 Å². The summed E-state index contributed by atoms with van der Waals surface area (Å²) < 4.78 is 0. The monoisotopic (exact) mass is 624 g/mol. The summed E-state index contributed by atoms with van der Waals surface area (Å²) >= 11 is 0. The quantitative estimate of drug-likeness (QED) is 0.199. The van der Waals surface area contributed by atoms with Gasteiger partial charge in [-0.15, -0.1) is 0 Å². The molecule has 0 aromatic heterocycles. The molecule has 0 atom stereocenters. The van der Waals surface area contributed by atoms with E-state index in [4.69, 9.17) is 0 Å². The van der Waals surface area contributed by atoms with Crippen molar-refractivity contribution in [2.24, 2.45) is 0 Å². The summed E-state index contributed by atoms with van der Waals surface area (Å²) in [5, 5.41) is 10.1. The number of rotatable bonds is 5. The highest BCUT2D eigenvalue weighted by Crippen LogP contribution is 2.66. The van der Waals surface area contributed by atoms with Crippen LogP contribution in [0.5, 0.6) is 0 Å². The molecule has 2 aliphatic carbocycles. The molecule has 10 rings (SSSR count). The molecule has 2 nitrogen and oxygen atoms in total. The maximum absolute atomic E-state index is 3.88. The summed E-state index contributed by atoms with van der Waals surface area (Å²) in [6.07, 6.45) is 0. The summed E-state index contributed by atoms with van der Waals surface area (Å²) in [4.78, 5) is 0. The Morgan fingerprint density at radius 1 is 0.347 bits per heavy atom. The van der Waals surface area contributed by atoms with Crippen molar-refractivity contribution < 1.29 is 0 Å². The fraction of sp³-hybridized carbons (Fsp3) is 0.0213. The average molecular weight is 625 g/mol. The topological polar surface area (TPSA) is 24.1 Å². The number of anilines is 4. The van der Waals surface area contributed by atoms with Gasteiger partial charge in [-0.05, 0) is 103 Å². The van der Waals surface area contributed by atoms with E-state index in [2.05, 4.69) is 193 Å². The van der Waals surface area contributed by atoms with E-state index >= 15 is 0 Å². The molecule has 230 valence electrons. The molecule has 0 saturated heterocycles. The van der Waals surface area contributed by atoms with Crippen LogP contribution in [0.2, 0.25) is 0 Å². The molecule has 0 aliphatic heterocycles. The van der Waals surface area contributed by atoms with Gasteiger partial charge in [0.25, 0.3) is 0 Å². The van der Waals surface area contributed by atoms with E-state index in [0.29, 0.717) is 0 Å². The summed E-state index contributed by atoms with van der Waals surface area (Å²) in [6.45, 7) is 0. The lowest BCUT2D eigenvalue weighted by atomic mass is 9.68. The molecule has 0 amide bonds. The SMILES string of the molecule is c1ccc(Nc2ccc3c(c2)C2(c4ccccc4-c4ccccc42)c2c-3ccc(Nc3ccccc3)c2-c2cccc3ccccc23)cc1. The first kappa shape index (κ1) is 27.7. The highest BCUT2D eigenvalue weighted by molar-refractivity contribution is 6.07. The predicted molar refractivity (Wildman–Crippen MR) is 205 cm³/mol.